The molecule has 0 bridgehead atoms. The first-order chi connectivity index (χ1) is 13.1. The third kappa shape index (κ3) is 5.09. The van der Waals surface area contributed by atoms with Crippen molar-refractivity contribution < 1.29 is 14.3 Å². The summed E-state index contributed by atoms with van der Waals surface area (Å²) in [5, 5.41) is 2.62. The van der Waals surface area contributed by atoms with Gasteiger partial charge >= 0.3 is 0 Å². The van der Waals surface area contributed by atoms with Crippen LogP contribution >= 0.6 is 0 Å². The van der Waals surface area contributed by atoms with E-state index in [2.05, 4.69) is 5.32 Å². The lowest BCUT2D eigenvalue weighted by molar-refractivity contribution is -0.132. The van der Waals surface area contributed by atoms with Crippen LogP contribution in [0.25, 0.3) is 0 Å². The molecule has 1 aliphatic rings. The van der Waals surface area contributed by atoms with Gasteiger partial charge in [0.2, 0.25) is 5.91 Å². The lowest BCUT2D eigenvalue weighted by Crippen LogP contribution is -2.32. The fourth-order valence-electron chi connectivity index (χ4n) is 3.10. The maximum atomic E-state index is 12.8. The predicted molar refractivity (Wildman–Crippen MR) is 105 cm³/mol. The third-order valence-electron chi connectivity index (χ3n) is 4.89. The highest BCUT2D eigenvalue weighted by atomic mass is 16.5. The molecule has 0 spiro atoms. The Morgan fingerprint density at radius 1 is 1.04 bits per heavy atom. The molecule has 1 saturated carbocycles. The van der Waals surface area contributed by atoms with Gasteiger partial charge in [-0.1, -0.05) is 24.3 Å². The normalized spacial score (nSPS) is 13.1. The number of methoxy groups -OCH3 is 1. The minimum absolute atomic E-state index is 0.101. The van der Waals surface area contributed by atoms with Gasteiger partial charge in [0.05, 0.1) is 7.11 Å². The molecule has 0 aliphatic heterocycles. The quantitative estimate of drug-likeness (QED) is 0.781. The van der Waals surface area contributed by atoms with Crippen LogP contribution in [0.5, 0.6) is 5.75 Å². The molecule has 3 rings (SSSR count). The molecule has 1 fully saturated rings. The van der Waals surface area contributed by atoms with Gasteiger partial charge < -0.3 is 15.0 Å². The summed E-state index contributed by atoms with van der Waals surface area (Å²) in [5.74, 6) is 0.907. The fourth-order valence-corrected chi connectivity index (χ4v) is 3.10. The zero-order valence-corrected chi connectivity index (χ0v) is 15.9. The van der Waals surface area contributed by atoms with E-state index in [4.69, 9.17) is 4.74 Å². The van der Waals surface area contributed by atoms with Gasteiger partial charge in [0.1, 0.15) is 5.75 Å². The average molecular weight is 366 g/mol. The number of nitrogens with zero attached hydrogens (tertiary/aromatic N) is 1. The summed E-state index contributed by atoms with van der Waals surface area (Å²) in [5.41, 5.74) is 2.81. The van der Waals surface area contributed by atoms with Crippen molar-refractivity contribution in [3.63, 3.8) is 0 Å². The van der Waals surface area contributed by atoms with Gasteiger partial charge in [-0.15, -0.1) is 0 Å². The summed E-state index contributed by atoms with van der Waals surface area (Å²) in [6.07, 6.45) is 3.37. The molecule has 2 aromatic rings. The Kier molecular flexibility index (Phi) is 6.12. The number of amides is 2. The number of nitrogens with one attached hydrogen (secondary N) is 1. The molecule has 5 nitrogen and oxygen atoms in total. The number of rotatable bonds is 8. The van der Waals surface area contributed by atoms with E-state index in [0.717, 1.165) is 36.1 Å². The van der Waals surface area contributed by atoms with Gasteiger partial charge in [-0.25, -0.2) is 0 Å². The van der Waals surface area contributed by atoms with Crippen molar-refractivity contribution in [3.8, 4) is 5.75 Å². The van der Waals surface area contributed by atoms with E-state index >= 15 is 0 Å². The lowest BCUT2D eigenvalue weighted by Gasteiger charge is -2.23. The average Bonchev–Trinajstić information content (AvgIpc) is 3.55. The molecule has 1 aliphatic carbocycles. The van der Waals surface area contributed by atoms with Gasteiger partial charge in [0, 0.05) is 31.6 Å². The summed E-state index contributed by atoms with van der Waals surface area (Å²) in [6.45, 7) is 0.597. The largest absolute Gasteiger partial charge is 0.497 e. The van der Waals surface area contributed by atoms with Gasteiger partial charge in [0.15, 0.2) is 0 Å². The minimum Gasteiger partial charge on any atom is -0.497 e. The van der Waals surface area contributed by atoms with Crippen molar-refractivity contribution >= 4 is 11.8 Å². The van der Waals surface area contributed by atoms with Crippen LogP contribution in [0.3, 0.4) is 0 Å². The van der Waals surface area contributed by atoms with Gasteiger partial charge in [-0.05, 0) is 54.7 Å². The Hall–Kier alpha value is -2.82. The fraction of sp³-hybridized carbons (Fsp3) is 0.364. The SMILES string of the molecule is CNC(=O)c1ccc(CN(C(=O)CCc2ccc(OC)cc2)C2CC2)cc1. The monoisotopic (exact) mass is 366 g/mol. The first kappa shape index (κ1) is 19.0. The van der Waals surface area contributed by atoms with Crippen LogP contribution in [0.1, 0.15) is 40.7 Å². The van der Waals surface area contributed by atoms with Crippen molar-refractivity contribution in [2.45, 2.75) is 38.3 Å². The number of ether oxygens (including phenoxy) is 1. The Morgan fingerprint density at radius 3 is 2.22 bits per heavy atom. The zero-order chi connectivity index (χ0) is 19.2. The molecule has 27 heavy (non-hydrogen) atoms. The smallest absolute Gasteiger partial charge is 0.251 e. The number of carbonyl (C=O) groups is 2. The summed E-state index contributed by atoms with van der Waals surface area (Å²) >= 11 is 0. The van der Waals surface area contributed by atoms with E-state index in [1.54, 1.807) is 26.3 Å². The van der Waals surface area contributed by atoms with Crippen LogP contribution in [0, 0.1) is 0 Å². The maximum Gasteiger partial charge on any atom is 0.251 e. The highest BCUT2D eigenvalue weighted by Crippen LogP contribution is 2.29. The van der Waals surface area contributed by atoms with Crippen molar-refractivity contribution in [2.24, 2.45) is 0 Å². The zero-order valence-electron chi connectivity index (χ0n) is 15.9. The van der Waals surface area contributed by atoms with E-state index in [9.17, 15) is 9.59 Å². The molecule has 142 valence electrons. The summed E-state index contributed by atoms with van der Waals surface area (Å²) in [7, 11) is 3.26. The molecule has 0 saturated heterocycles. The molecule has 1 N–H and O–H groups in total. The summed E-state index contributed by atoms with van der Waals surface area (Å²) in [6, 6.07) is 15.7. The van der Waals surface area contributed by atoms with Crippen molar-refractivity contribution in [1.29, 1.82) is 0 Å². The highest BCUT2D eigenvalue weighted by Gasteiger charge is 2.32. The van der Waals surface area contributed by atoms with Gasteiger partial charge in [-0.3, -0.25) is 9.59 Å². The van der Waals surface area contributed by atoms with Crippen LogP contribution in [0.4, 0.5) is 0 Å². The highest BCUT2D eigenvalue weighted by molar-refractivity contribution is 5.93. The number of benzene rings is 2. The Labute approximate surface area is 160 Å². The van der Waals surface area contributed by atoms with E-state index in [1.807, 2.05) is 41.3 Å². The number of hydrogen-bond donors (Lipinski definition) is 1. The second-order valence-corrected chi connectivity index (χ2v) is 6.88. The Balaban J connectivity index is 1.59. The standard InChI is InChI=1S/C22H26N2O3/c1-23-22(26)18-8-3-17(4-9-18)15-24(19-10-11-19)21(25)14-7-16-5-12-20(27-2)13-6-16/h3-6,8-9,12-13,19H,7,10-11,14-15H2,1-2H3,(H,23,26). The molecule has 5 heteroatoms. The van der Waals surface area contributed by atoms with E-state index in [0.29, 0.717) is 24.6 Å². The van der Waals surface area contributed by atoms with E-state index in [-0.39, 0.29) is 11.8 Å². The Bertz CT molecular complexity index is 780. The number of hydrogen-bond acceptors (Lipinski definition) is 3. The molecule has 0 radical (unpaired) electrons. The lowest BCUT2D eigenvalue weighted by atomic mass is 10.1. The molecule has 2 amide bonds. The molecule has 0 aromatic heterocycles. The first-order valence-electron chi connectivity index (χ1n) is 9.34. The topological polar surface area (TPSA) is 58.6 Å². The van der Waals surface area contributed by atoms with Gasteiger partial charge in [-0.2, -0.15) is 0 Å². The molecule has 0 heterocycles. The number of carbonyl (C=O) groups excluding carboxylic acids is 2. The van der Waals surface area contributed by atoms with E-state index < -0.39 is 0 Å². The van der Waals surface area contributed by atoms with E-state index in [1.165, 1.54) is 0 Å². The third-order valence-corrected chi connectivity index (χ3v) is 4.89. The van der Waals surface area contributed by atoms with Crippen molar-refractivity contribution in [2.75, 3.05) is 14.2 Å². The minimum atomic E-state index is -0.101. The van der Waals surface area contributed by atoms with Crippen molar-refractivity contribution in [3.05, 3.63) is 65.2 Å². The predicted octanol–water partition coefficient (Wildman–Crippen LogP) is 3.18. The molecule has 0 unspecified atom stereocenters. The number of aryl methyl sites for hydroxylation is 1. The van der Waals surface area contributed by atoms with Crippen LogP contribution in [-0.4, -0.2) is 36.9 Å². The first-order valence-corrected chi connectivity index (χ1v) is 9.34. The summed E-state index contributed by atoms with van der Waals surface area (Å²) in [4.78, 5) is 26.4. The van der Waals surface area contributed by atoms with Crippen LogP contribution < -0.4 is 10.1 Å². The maximum absolute atomic E-state index is 12.8. The van der Waals surface area contributed by atoms with Crippen LogP contribution in [0.2, 0.25) is 0 Å². The second kappa shape index (κ2) is 8.71. The molecule has 0 atom stereocenters. The molecular weight excluding hydrogens is 340 g/mol. The Morgan fingerprint density at radius 2 is 1.67 bits per heavy atom. The van der Waals surface area contributed by atoms with Crippen LogP contribution in [0.15, 0.2) is 48.5 Å². The van der Waals surface area contributed by atoms with Crippen molar-refractivity contribution in [1.82, 2.24) is 10.2 Å². The van der Waals surface area contributed by atoms with Crippen LogP contribution in [-0.2, 0) is 17.8 Å². The van der Waals surface area contributed by atoms with Gasteiger partial charge in [0.25, 0.3) is 5.91 Å². The second-order valence-electron chi connectivity index (χ2n) is 6.88. The molecule has 2 aromatic carbocycles. The summed E-state index contributed by atoms with van der Waals surface area (Å²) < 4.78 is 5.17. The molecular formula is C22H26N2O3.